The Morgan fingerprint density at radius 1 is 1.04 bits per heavy atom. The number of nitrogens with zero attached hydrogens (tertiary/aromatic N) is 3. The van der Waals surface area contributed by atoms with Crippen LogP contribution in [0.15, 0.2) is 40.3 Å². The fourth-order valence-corrected chi connectivity index (χ4v) is 4.09. The lowest BCUT2D eigenvalue weighted by Gasteiger charge is -2.26. The monoisotopic (exact) mass is 425 g/mol. The van der Waals surface area contributed by atoms with Crippen molar-refractivity contribution in [2.24, 2.45) is 0 Å². The van der Waals surface area contributed by atoms with Crippen molar-refractivity contribution in [2.45, 2.75) is 55.4 Å². The van der Waals surface area contributed by atoms with Gasteiger partial charge in [0.15, 0.2) is 0 Å². The minimum absolute atomic E-state index is 0. The fraction of sp³-hybridized carbons (Fsp3) is 0.524. The zero-order valence-electron chi connectivity index (χ0n) is 16.4. The van der Waals surface area contributed by atoms with Crippen molar-refractivity contribution in [1.82, 2.24) is 14.9 Å². The molecule has 1 fully saturated rings. The first-order chi connectivity index (χ1) is 13.2. The predicted octanol–water partition coefficient (Wildman–Crippen LogP) is 5.53. The number of hydrogen-bond acceptors (Lipinski definition) is 5. The third-order valence-electron chi connectivity index (χ3n) is 4.64. The average Bonchev–Trinajstić information content (AvgIpc) is 2.67. The molecule has 0 aliphatic carbocycles. The molecule has 0 radical (unpaired) electrons. The molecule has 0 bridgehead atoms. The van der Waals surface area contributed by atoms with E-state index in [2.05, 4.69) is 14.9 Å². The highest BCUT2D eigenvalue weighted by Gasteiger charge is 2.09. The first-order valence-electron chi connectivity index (χ1n) is 9.83. The van der Waals surface area contributed by atoms with Gasteiger partial charge in [-0.1, -0.05) is 18.2 Å². The van der Waals surface area contributed by atoms with E-state index < -0.39 is 0 Å². The second-order valence-corrected chi connectivity index (χ2v) is 8.05. The molecule has 0 saturated carbocycles. The van der Waals surface area contributed by atoms with Gasteiger partial charge in [-0.25, -0.2) is 9.37 Å². The predicted molar refractivity (Wildman–Crippen MR) is 114 cm³/mol. The SMILES string of the molecule is Cc1nc(OCCCCCN2CCCCC2)cc(Sc2ccc(F)cc2)n1.Cl. The molecule has 0 unspecified atom stereocenters. The van der Waals surface area contributed by atoms with Crippen molar-refractivity contribution in [3.8, 4) is 5.88 Å². The van der Waals surface area contributed by atoms with Crippen LogP contribution in [0.25, 0.3) is 0 Å². The maximum Gasteiger partial charge on any atom is 0.217 e. The number of aryl methyl sites for hydroxylation is 1. The van der Waals surface area contributed by atoms with Crippen LogP contribution < -0.4 is 4.74 Å². The maximum absolute atomic E-state index is 13.0. The number of ether oxygens (including phenoxy) is 1. The van der Waals surface area contributed by atoms with Crippen LogP contribution in [-0.4, -0.2) is 41.1 Å². The molecular weight excluding hydrogens is 397 g/mol. The molecule has 1 aliphatic heterocycles. The Kier molecular flexibility index (Phi) is 10.0. The molecule has 2 heterocycles. The van der Waals surface area contributed by atoms with Gasteiger partial charge in [-0.2, -0.15) is 4.98 Å². The Balaban J connectivity index is 0.00000280. The van der Waals surface area contributed by atoms with Gasteiger partial charge in [0.25, 0.3) is 0 Å². The Morgan fingerprint density at radius 3 is 2.54 bits per heavy atom. The molecule has 0 atom stereocenters. The first-order valence-corrected chi connectivity index (χ1v) is 10.6. The van der Waals surface area contributed by atoms with Crippen LogP contribution in [0.1, 0.15) is 44.3 Å². The van der Waals surface area contributed by atoms with Gasteiger partial charge in [-0.15, -0.1) is 12.4 Å². The quantitative estimate of drug-likeness (QED) is 0.390. The Hall–Kier alpha value is -1.37. The smallest absolute Gasteiger partial charge is 0.217 e. The molecule has 2 aromatic rings. The van der Waals surface area contributed by atoms with Crippen LogP contribution in [-0.2, 0) is 0 Å². The van der Waals surface area contributed by atoms with Crippen LogP contribution >= 0.6 is 24.2 Å². The molecule has 3 rings (SSSR count). The lowest BCUT2D eigenvalue weighted by atomic mass is 10.1. The minimum Gasteiger partial charge on any atom is -0.478 e. The molecule has 4 nitrogen and oxygen atoms in total. The van der Waals surface area contributed by atoms with Gasteiger partial charge in [0.2, 0.25) is 5.88 Å². The molecule has 1 aromatic carbocycles. The summed E-state index contributed by atoms with van der Waals surface area (Å²) in [6.07, 6.45) is 7.56. The number of hydrogen-bond donors (Lipinski definition) is 0. The Morgan fingerprint density at radius 2 is 1.79 bits per heavy atom. The summed E-state index contributed by atoms with van der Waals surface area (Å²) in [5.74, 6) is 1.06. The van der Waals surface area contributed by atoms with Gasteiger partial charge in [-0.3, -0.25) is 0 Å². The van der Waals surface area contributed by atoms with E-state index in [9.17, 15) is 4.39 Å². The highest BCUT2D eigenvalue weighted by Crippen LogP contribution is 2.28. The maximum atomic E-state index is 13.0. The second kappa shape index (κ2) is 12.2. The zero-order valence-corrected chi connectivity index (χ0v) is 18.0. The topological polar surface area (TPSA) is 38.2 Å². The first kappa shape index (κ1) is 22.9. The number of rotatable bonds is 9. The van der Waals surface area contributed by atoms with Gasteiger partial charge in [0.1, 0.15) is 16.7 Å². The average molecular weight is 426 g/mol. The number of likely N-dealkylation sites (tertiary alicyclic amines) is 1. The van der Waals surface area contributed by atoms with E-state index in [-0.39, 0.29) is 18.2 Å². The van der Waals surface area contributed by atoms with Gasteiger partial charge in [-0.05, 0) is 82.9 Å². The standard InChI is InChI=1S/C21H28FN3OS.ClH/c1-17-23-20(16-21(24-17)27-19-10-8-18(22)9-11-19)26-15-7-3-6-14-25-12-4-2-5-13-25;/h8-11,16H,2-7,12-15H2,1H3;1H. The molecule has 0 amide bonds. The number of halogens is 2. The summed E-state index contributed by atoms with van der Waals surface area (Å²) in [6.45, 7) is 6.29. The van der Waals surface area contributed by atoms with Crippen molar-refractivity contribution < 1.29 is 9.13 Å². The van der Waals surface area contributed by atoms with E-state index in [1.165, 1.54) is 75.6 Å². The molecule has 1 saturated heterocycles. The number of unbranched alkanes of at least 4 members (excludes halogenated alkanes) is 2. The van der Waals surface area contributed by atoms with E-state index in [1.807, 2.05) is 13.0 Å². The van der Waals surface area contributed by atoms with Gasteiger partial charge < -0.3 is 9.64 Å². The molecule has 1 aliphatic rings. The normalized spacial score (nSPS) is 14.5. The van der Waals surface area contributed by atoms with Crippen molar-refractivity contribution >= 4 is 24.2 Å². The lowest BCUT2D eigenvalue weighted by molar-refractivity contribution is 0.220. The van der Waals surface area contributed by atoms with Gasteiger partial charge >= 0.3 is 0 Å². The lowest BCUT2D eigenvalue weighted by Crippen LogP contribution is -2.30. The molecule has 0 N–H and O–H groups in total. The summed E-state index contributed by atoms with van der Waals surface area (Å²) in [6, 6.07) is 8.27. The highest BCUT2D eigenvalue weighted by atomic mass is 35.5. The highest BCUT2D eigenvalue weighted by molar-refractivity contribution is 7.99. The van der Waals surface area contributed by atoms with Crippen LogP contribution in [0.3, 0.4) is 0 Å². The summed E-state index contributed by atoms with van der Waals surface area (Å²) in [4.78, 5) is 12.3. The molecule has 0 spiro atoms. The van der Waals surface area contributed by atoms with E-state index in [4.69, 9.17) is 4.74 Å². The van der Waals surface area contributed by atoms with Crippen LogP contribution in [0.4, 0.5) is 4.39 Å². The van der Waals surface area contributed by atoms with Crippen molar-refractivity contribution in [2.75, 3.05) is 26.2 Å². The summed E-state index contributed by atoms with van der Waals surface area (Å²) in [7, 11) is 0. The summed E-state index contributed by atoms with van der Waals surface area (Å²) >= 11 is 1.48. The Bertz CT molecular complexity index is 711. The molecule has 154 valence electrons. The number of piperidine rings is 1. The van der Waals surface area contributed by atoms with Gasteiger partial charge in [0, 0.05) is 11.0 Å². The number of aromatic nitrogens is 2. The minimum atomic E-state index is -0.234. The number of benzene rings is 1. The van der Waals surface area contributed by atoms with Crippen LogP contribution in [0.5, 0.6) is 5.88 Å². The van der Waals surface area contributed by atoms with E-state index >= 15 is 0 Å². The molecule has 7 heteroatoms. The van der Waals surface area contributed by atoms with Crippen molar-refractivity contribution in [3.05, 3.63) is 42.0 Å². The van der Waals surface area contributed by atoms with E-state index in [1.54, 1.807) is 12.1 Å². The Labute approximate surface area is 177 Å². The van der Waals surface area contributed by atoms with Crippen molar-refractivity contribution in [3.63, 3.8) is 0 Å². The van der Waals surface area contributed by atoms with Gasteiger partial charge in [0.05, 0.1) is 6.61 Å². The molecule has 1 aromatic heterocycles. The van der Waals surface area contributed by atoms with Crippen molar-refractivity contribution in [1.29, 1.82) is 0 Å². The third-order valence-corrected chi connectivity index (χ3v) is 5.57. The fourth-order valence-electron chi connectivity index (χ4n) is 3.24. The zero-order chi connectivity index (χ0) is 18.9. The van der Waals surface area contributed by atoms with E-state index in [0.717, 1.165) is 16.3 Å². The molecular formula is C21H29ClFN3OS. The summed E-state index contributed by atoms with van der Waals surface area (Å²) < 4.78 is 18.9. The summed E-state index contributed by atoms with van der Waals surface area (Å²) in [5, 5.41) is 0.814. The molecule has 28 heavy (non-hydrogen) atoms. The summed E-state index contributed by atoms with van der Waals surface area (Å²) in [5.41, 5.74) is 0. The largest absolute Gasteiger partial charge is 0.478 e. The van der Waals surface area contributed by atoms with E-state index in [0.29, 0.717) is 18.3 Å². The van der Waals surface area contributed by atoms with Crippen LogP contribution in [0.2, 0.25) is 0 Å². The third kappa shape index (κ3) is 7.94. The van der Waals surface area contributed by atoms with Crippen LogP contribution in [0, 0.1) is 12.7 Å². The second-order valence-electron chi connectivity index (χ2n) is 6.96.